The number of hydrogen-bond donors (Lipinski definition) is 2. The molecule has 2 amide bonds. The Morgan fingerprint density at radius 3 is 2.33 bits per heavy atom. The Morgan fingerprint density at radius 2 is 1.72 bits per heavy atom. The number of fused-ring (bicyclic) bond motifs is 1. The quantitative estimate of drug-likeness (QED) is 0.585. The van der Waals surface area contributed by atoms with E-state index in [2.05, 4.69) is 22.3 Å². The van der Waals surface area contributed by atoms with E-state index in [1.54, 1.807) is 17.7 Å². The number of benzene rings is 1. The van der Waals surface area contributed by atoms with E-state index in [-0.39, 0.29) is 29.3 Å². The molecule has 0 radical (unpaired) electrons. The summed E-state index contributed by atoms with van der Waals surface area (Å²) < 4.78 is 1.55. The fourth-order valence-electron chi connectivity index (χ4n) is 5.63. The van der Waals surface area contributed by atoms with Gasteiger partial charge in [-0.3, -0.25) is 14.4 Å². The summed E-state index contributed by atoms with van der Waals surface area (Å²) in [6.07, 6.45) is 0.825. The Balaban J connectivity index is 1.36. The SMILES string of the molecule is Cc1cc(=O)n(C)c(C)c1C(=O)N1CC2CN(CC[C@H](NC(=O)C(C)CN)c3ccccc3)CC2C1. The molecule has 2 fully saturated rings. The minimum absolute atomic E-state index is 0.0113. The Labute approximate surface area is 213 Å². The lowest BCUT2D eigenvalue weighted by Gasteiger charge is -2.26. The lowest BCUT2D eigenvalue weighted by atomic mass is 10.0. The van der Waals surface area contributed by atoms with Gasteiger partial charge in [-0.25, -0.2) is 0 Å². The van der Waals surface area contributed by atoms with Crippen molar-refractivity contribution in [1.29, 1.82) is 0 Å². The molecule has 0 bridgehead atoms. The zero-order chi connectivity index (χ0) is 26.0. The van der Waals surface area contributed by atoms with Crippen LogP contribution >= 0.6 is 0 Å². The van der Waals surface area contributed by atoms with Gasteiger partial charge in [0.15, 0.2) is 0 Å². The maximum atomic E-state index is 13.4. The molecule has 0 aliphatic carbocycles. The highest BCUT2D eigenvalue weighted by atomic mass is 16.2. The second kappa shape index (κ2) is 11.0. The van der Waals surface area contributed by atoms with Crippen LogP contribution < -0.4 is 16.6 Å². The molecular weight excluding hydrogens is 454 g/mol. The molecule has 4 atom stereocenters. The molecule has 3 heterocycles. The maximum absolute atomic E-state index is 13.4. The molecule has 8 nitrogen and oxygen atoms in total. The first-order valence-electron chi connectivity index (χ1n) is 12.9. The number of aromatic nitrogens is 1. The number of carbonyl (C=O) groups is 2. The maximum Gasteiger partial charge on any atom is 0.255 e. The molecule has 3 N–H and O–H groups in total. The molecule has 0 saturated carbocycles. The van der Waals surface area contributed by atoms with Crippen molar-refractivity contribution >= 4 is 11.8 Å². The van der Waals surface area contributed by atoms with E-state index in [1.807, 2.05) is 43.9 Å². The van der Waals surface area contributed by atoms with E-state index in [0.717, 1.165) is 56.0 Å². The van der Waals surface area contributed by atoms with Crippen molar-refractivity contribution in [2.75, 3.05) is 39.3 Å². The van der Waals surface area contributed by atoms with E-state index >= 15 is 0 Å². The molecule has 0 spiro atoms. The molecule has 2 aromatic rings. The van der Waals surface area contributed by atoms with Gasteiger partial charge in [0.05, 0.1) is 11.6 Å². The number of aryl methyl sites for hydroxylation is 1. The number of nitrogens with zero attached hydrogens (tertiary/aromatic N) is 3. The van der Waals surface area contributed by atoms with Crippen LogP contribution in [0.5, 0.6) is 0 Å². The average Bonchev–Trinajstić information content (AvgIpc) is 3.44. The number of carbonyl (C=O) groups excluding carboxylic acids is 2. The first-order chi connectivity index (χ1) is 17.2. The van der Waals surface area contributed by atoms with Gasteiger partial charge >= 0.3 is 0 Å². The minimum Gasteiger partial charge on any atom is -0.349 e. The number of pyridine rings is 1. The number of hydrogen-bond acceptors (Lipinski definition) is 5. The van der Waals surface area contributed by atoms with Gasteiger partial charge in [-0.2, -0.15) is 0 Å². The molecule has 3 unspecified atom stereocenters. The van der Waals surface area contributed by atoms with Crippen molar-refractivity contribution in [1.82, 2.24) is 19.7 Å². The zero-order valence-corrected chi connectivity index (χ0v) is 21.9. The van der Waals surface area contributed by atoms with Crippen molar-refractivity contribution in [3.63, 3.8) is 0 Å². The fourth-order valence-corrected chi connectivity index (χ4v) is 5.63. The van der Waals surface area contributed by atoms with Crippen molar-refractivity contribution < 1.29 is 9.59 Å². The summed E-state index contributed by atoms with van der Waals surface area (Å²) in [5.74, 6) is 0.698. The number of likely N-dealkylation sites (tertiary alicyclic amines) is 2. The summed E-state index contributed by atoms with van der Waals surface area (Å²) >= 11 is 0. The molecule has 36 heavy (non-hydrogen) atoms. The predicted octanol–water partition coefficient (Wildman–Crippen LogP) is 1.85. The molecule has 2 aliphatic rings. The summed E-state index contributed by atoms with van der Waals surface area (Å²) in [5.41, 5.74) is 8.85. The van der Waals surface area contributed by atoms with Crippen LogP contribution in [-0.2, 0) is 11.8 Å². The molecule has 2 aliphatic heterocycles. The van der Waals surface area contributed by atoms with Crippen LogP contribution in [0.1, 0.15) is 46.6 Å². The monoisotopic (exact) mass is 493 g/mol. The Kier molecular flexibility index (Phi) is 7.95. The molecule has 4 rings (SSSR count). The molecule has 1 aromatic carbocycles. The largest absolute Gasteiger partial charge is 0.349 e. The second-order valence-corrected chi connectivity index (χ2v) is 10.6. The van der Waals surface area contributed by atoms with Crippen molar-refractivity contribution in [3.05, 3.63) is 69.1 Å². The predicted molar refractivity (Wildman–Crippen MR) is 141 cm³/mol. The first kappa shape index (κ1) is 26.1. The van der Waals surface area contributed by atoms with Gasteiger partial charge < -0.3 is 25.4 Å². The number of nitrogens with one attached hydrogen (secondary N) is 1. The molecule has 1 aromatic heterocycles. The Hall–Kier alpha value is -2.97. The summed E-state index contributed by atoms with van der Waals surface area (Å²) in [6, 6.07) is 11.6. The smallest absolute Gasteiger partial charge is 0.255 e. The van der Waals surface area contributed by atoms with Crippen LogP contribution in [-0.4, -0.2) is 65.4 Å². The van der Waals surface area contributed by atoms with Crippen LogP contribution in [0.3, 0.4) is 0 Å². The summed E-state index contributed by atoms with van der Waals surface area (Å²) in [5, 5.41) is 3.19. The topological polar surface area (TPSA) is 101 Å². The van der Waals surface area contributed by atoms with Gasteiger partial charge in [-0.05, 0) is 43.2 Å². The third-order valence-corrected chi connectivity index (χ3v) is 8.05. The minimum atomic E-state index is -0.217. The number of nitrogens with two attached hydrogens (primary N) is 1. The third-order valence-electron chi connectivity index (χ3n) is 8.05. The second-order valence-electron chi connectivity index (χ2n) is 10.6. The van der Waals surface area contributed by atoms with Gasteiger partial charge in [-0.15, -0.1) is 0 Å². The average molecular weight is 494 g/mol. The first-order valence-corrected chi connectivity index (χ1v) is 12.9. The normalized spacial score (nSPS) is 21.3. The summed E-state index contributed by atoms with van der Waals surface area (Å²) in [7, 11) is 1.71. The van der Waals surface area contributed by atoms with Gasteiger partial charge in [0.2, 0.25) is 5.91 Å². The van der Waals surface area contributed by atoms with Crippen molar-refractivity contribution in [2.24, 2.45) is 30.5 Å². The molecule has 194 valence electrons. The summed E-state index contributed by atoms with van der Waals surface area (Å²) in [6.45, 7) is 10.1. The molecule has 2 saturated heterocycles. The summed E-state index contributed by atoms with van der Waals surface area (Å²) in [4.78, 5) is 42.4. The standard InChI is InChI=1S/C28H39N5O3/c1-18-12-25(34)31(4)20(3)26(18)28(36)33-16-22-14-32(15-23(22)17-33)11-10-24(21-8-6-5-7-9-21)30-27(35)19(2)13-29/h5-9,12,19,22-24H,10-11,13-17,29H2,1-4H3,(H,30,35)/t19?,22?,23?,24-/m0/s1. The van der Waals surface area contributed by atoms with Gasteiger partial charge in [0.1, 0.15) is 0 Å². The van der Waals surface area contributed by atoms with Crippen LogP contribution in [0.15, 0.2) is 41.2 Å². The molecule has 8 heteroatoms. The van der Waals surface area contributed by atoms with E-state index in [9.17, 15) is 14.4 Å². The van der Waals surface area contributed by atoms with Crippen LogP contribution in [0, 0.1) is 31.6 Å². The lowest BCUT2D eigenvalue weighted by Crippen LogP contribution is -2.38. The van der Waals surface area contributed by atoms with Crippen LogP contribution in [0.2, 0.25) is 0 Å². The van der Waals surface area contributed by atoms with E-state index in [0.29, 0.717) is 23.9 Å². The number of amides is 2. The zero-order valence-electron chi connectivity index (χ0n) is 21.9. The highest BCUT2D eigenvalue weighted by molar-refractivity contribution is 5.96. The third kappa shape index (κ3) is 5.39. The number of rotatable bonds is 8. The van der Waals surface area contributed by atoms with E-state index in [4.69, 9.17) is 5.73 Å². The van der Waals surface area contributed by atoms with Gasteiger partial charge in [-0.1, -0.05) is 37.3 Å². The van der Waals surface area contributed by atoms with E-state index < -0.39 is 0 Å². The van der Waals surface area contributed by atoms with Crippen LogP contribution in [0.25, 0.3) is 0 Å². The molecular formula is C28H39N5O3. The van der Waals surface area contributed by atoms with E-state index in [1.165, 1.54) is 0 Å². The Morgan fingerprint density at radius 1 is 1.08 bits per heavy atom. The lowest BCUT2D eigenvalue weighted by molar-refractivity contribution is -0.125. The van der Waals surface area contributed by atoms with Gasteiger partial charge in [0.25, 0.3) is 11.5 Å². The van der Waals surface area contributed by atoms with Crippen molar-refractivity contribution in [3.8, 4) is 0 Å². The fraction of sp³-hybridized carbons (Fsp3) is 0.536. The van der Waals surface area contributed by atoms with Gasteiger partial charge in [0, 0.05) is 64.0 Å². The van der Waals surface area contributed by atoms with Crippen molar-refractivity contribution in [2.45, 2.75) is 33.2 Å². The highest BCUT2D eigenvalue weighted by Crippen LogP contribution is 2.33. The highest BCUT2D eigenvalue weighted by Gasteiger charge is 2.42. The Bertz CT molecular complexity index is 1150. The van der Waals surface area contributed by atoms with Crippen LogP contribution in [0.4, 0.5) is 0 Å².